The first-order valence-corrected chi connectivity index (χ1v) is 6.80. The maximum Gasteiger partial charge on any atom is 0.223 e. The molecule has 0 unspecified atom stereocenters. The highest BCUT2D eigenvalue weighted by molar-refractivity contribution is 7.89. The standard InChI is InChI=1S/C9H18N2O4S/c1-10(2)16(13,14)8-3-9(12)11-4-6-15-7-5-11/h3-8H2,1-2H3. The number of hydrogen-bond acceptors (Lipinski definition) is 4. The van der Waals surface area contributed by atoms with Gasteiger partial charge in [0.25, 0.3) is 0 Å². The molecule has 1 aliphatic rings. The van der Waals surface area contributed by atoms with Gasteiger partial charge in [-0.3, -0.25) is 4.79 Å². The fraction of sp³-hybridized carbons (Fsp3) is 0.889. The zero-order chi connectivity index (χ0) is 12.2. The predicted octanol–water partition coefficient (Wildman–Crippen LogP) is -0.873. The summed E-state index contributed by atoms with van der Waals surface area (Å²) in [4.78, 5) is 13.3. The molecular formula is C9H18N2O4S. The summed E-state index contributed by atoms with van der Waals surface area (Å²) in [5, 5.41) is 0. The number of amides is 1. The molecule has 0 atom stereocenters. The first-order valence-electron chi connectivity index (χ1n) is 5.19. The molecule has 1 rings (SSSR count). The molecule has 1 heterocycles. The number of carbonyl (C=O) groups is 1. The summed E-state index contributed by atoms with van der Waals surface area (Å²) < 4.78 is 29.1. The van der Waals surface area contributed by atoms with E-state index in [1.165, 1.54) is 14.1 Å². The number of rotatable bonds is 4. The summed E-state index contributed by atoms with van der Waals surface area (Å²) in [6.45, 7) is 2.18. The molecule has 0 bridgehead atoms. The van der Waals surface area contributed by atoms with Crippen molar-refractivity contribution < 1.29 is 17.9 Å². The second kappa shape index (κ2) is 5.60. The highest BCUT2D eigenvalue weighted by Gasteiger charge is 2.20. The van der Waals surface area contributed by atoms with Crippen molar-refractivity contribution in [3.05, 3.63) is 0 Å². The van der Waals surface area contributed by atoms with Crippen molar-refractivity contribution in [1.29, 1.82) is 0 Å². The van der Waals surface area contributed by atoms with Crippen molar-refractivity contribution in [2.45, 2.75) is 6.42 Å². The van der Waals surface area contributed by atoms with Gasteiger partial charge in [0.15, 0.2) is 0 Å². The average molecular weight is 250 g/mol. The molecule has 0 aromatic rings. The van der Waals surface area contributed by atoms with Gasteiger partial charge in [-0.2, -0.15) is 0 Å². The Labute approximate surface area is 96.2 Å². The lowest BCUT2D eigenvalue weighted by Gasteiger charge is -2.27. The van der Waals surface area contributed by atoms with Gasteiger partial charge in [-0.15, -0.1) is 0 Å². The van der Waals surface area contributed by atoms with E-state index in [1.54, 1.807) is 4.90 Å². The van der Waals surface area contributed by atoms with E-state index >= 15 is 0 Å². The van der Waals surface area contributed by atoms with Crippen LogP contribution in [0.1, 0.15) is 6.42 Å². The van der Waals surface area contributed by atoms with Crippen LogP contribution in [0.5, 0.6) is 0 Å². The van der Waals surface area contributed by atoms with Crippen molar-refractivity contribution in [3.8, 4) is 0 Å². The summed E-state index contributed by atoms with van der Waals surface area (Å²) in [5.74, 6) is -0.246. The van der Waals surface area contributed by atoms with Crippen molar-refractivity contribution in [2.75, 3.05) is 46.2 Å². The van der Waals surface area contributed by atoms with Crippen molar-refractivity contribution in [1.82, 2.24) is 9.21 Å². The van der Waals surface area contributed by atoms with Crippen LogP contribution in [0.15, 0.2) is 0 Å². The lowest BCUT2D eigenvalue weighted by molar-refractivity contribution is -0.134. The topological polar surface area (TPSA) is 66.9 Å². The Kier molecular flexibility index (Phi) is 4.69. The monoisotopic (exact) mass is 250 g/mol. The Morgan fingerprint density at radius 3 is 2.38 bits per heavy atom. The molecule has 1 fully saturated rings. The fourth-order valence-corrected chi connectivity index (χ4v) is 2.17. The van der Waals surface area contributed by atoms with Gasteiger partial charge in [0, 0.05) is 33.6 Å². The molecule has 0 aromatic heterocycles. The molecule has 6 nitrogen and oxygen atoms in total. The molecule has 0 spiro atoms. The van der Waals surface area contributed by atoms with E-state index in [0.29, 0.717) is 26.3 Å². The third-order valence-corrected chi connectivity index (χ3v) is 4.33. The van der Waals surface area contributed by atoms with E-state index in [2.05, 4.69) is 0 Å². The summed E-state index contributed by atoms with van der Waals surface area (Å²) in [7, 11) is -0.344. The maximum absolute atomic E-state index is 11.7. The summed E-state index contributed by atoms with van der Waals surface area (Å²) in [5.41, 5.74) is 0. The molecule has 1 amide bonds. The number of carbonyl (C=O) groups excluding carboxylic acids is 1. The maximum atomic E-state index is 11.7. The molecule has 0 radical (unpaired) electrons. The van der Waals surface area contributed by atoms with Gasteiger partial charge >= 0.3 is 0 Å². The number of hydrogen-bond donors (Lipinski definition) is 0. The Morgan fingerprint density at radius 1 is 1.31 bits per heavy atom. The average Bonchev–Trinajstić information content (AvgIpc) is 2.27. The number of morpholine rings is 1. The number of sulfonamides is 1. The fourth-order valence-electron chi connectivity index (χ4n) is 1.37. The van der Waals surface area contributed by atoms with E-state index in [1.807, 2.05) is 0 Å². The Hall–Kier alpha value is -0.660. The van der Waals surface area contributed by atoms with Gasteiger partial charge in [0.05, 0.1) is 19.0 Å². The number of nitrogens with zero attached hydrogens (tertiary/aromatic N) is 2. The minimum atomic E-state index is -3.28. The highest BCUT2D eigenvalue weighted by atomic mass is 32.2. The largest absolute Gasteiger partial charge is 0.378 e. The molecule has 1 aliphatic heterocycles. The number of ether oxygens (including phenoxy) is 1. The van der Waals surface area contributed by atoms with Crippen molar-refractivity contribution in [2.24, 2.45) is 0 Å². The molecule has 0 aromatic carbocycles. The predicted molar refractivity (Wildman–Crippen MR) is 59.5 cm³/mol. The second-order valence-electron chi connectivity index (χ2n) is 3.84. The molecule has 94 valence electrons. The van der Waals surface area contributed by atoms with Crippen molar-refractivity contribution in [3.63, 3.8) is 0 Å². The van der Waals surface area contributed by atoms with Crippen LogP contribution in [-0.2, 0) is 19.6 Å². The molecule has 16 heavy (non-hydrogen) atoms. The van der Waals surface area contributed by atoms with Gasteiger partial charge in [-0.25, -0.2) is 12.7 Å². The van der Waals surface area contributed by atoms with Crippen LogP contribution in [0.4, 0.5) is 0 Å². The van der Waals surface area contributed by atoms with Crippen molar-refractivity contribution >= 4 is 15.9 Å². The normalized spacial score (nSPS) is 17.8. The van der Waals surface area contributed by atoms with E-state index in [0.717, 1.165) is 4.31 Å². The first-order chi connectivity index (χ1) is 7.43. The zero-order valence-electron chi connectivity index (χ0n) is 9.68. The quantitative estimate of drug-likeness (QED) is 0.650. The molecule has 1 saturated heterocycles. The van der Waals surface area contributed by atoms with Crippen LogP contribution in [-0.4, -0.2) is 69.7 Å². The minimum Gasteiger partial charge on any atom is -0.378 e. The summed E-state index contributed by atoms with van der Waals surface area (Å²) in [6, 6.07) is 0. The Morgan fingerprint density at radius 2 is 1.88 bits per heavy atom. The van der Waals surface area contributed by atoms with Crippen LogP contribution in [0.2, 0.25) is 0 Å². The summed E-state index contributed by atoms with van der Waals surface area (Å²) in [6.07, 6.45) is 0.0422. The third-order valence-electron chi connectivity index (χ3n) is 2.49. The highest BCUT2D eigenvalue weighted by Crippen LogP contribution is 2.03. The van der Waals surface area contributed by atoms with Crippen LogP contribution in [0.3, 0.4) is 0 Å². The van der Waals surface area contributed by atoms with Gasteiger partial charge in [-0.1, -0.05) is 0 Å². The SMILES string of the molecule is CN(C)S(=O)(=O)CCC(=O)N1CCOCC1. The molecule has 0 N–H and O–H groups in total. The molecular weight excluding hydrogens is 232 g/mol. The second-order valence-corrected chi connectivity index (χ2v) is 6.14. The molecule has 7 heteroatoms. The Balaban J connectivity index is 2.40. The summed E-state index contributed by atoms with van der Waals surface area (Å²) >= 11 is 0. The van der Waals surface area contributed by atoms with E-state index in [9.17, 15) is 13.2 Å². The lowest BCUT2D eigenvalue weighted by atomic mass is 10.3. The van der Waals surface area contributed by atoms with Crippen LogP contribution in [0, 0.1) is 0 Å². The van der Waals surface area contributed by atoms with Gasteiger partial charge in [-0.05, 0) is 0 Å². The van der Waals surface area contributed by atoms with Gasteiger partial charge in [0.1, 0.15) is 0 Å². The van der Waals surface area contributed by atoms with E-state index < -0.39 is 10.0 Å². The van der Waals surface area contributed by atoms with Gasteiger partial charge < -0.3 is 9.64 Å². The van der Waals surface area contributed by atoms with Gasteiger partial charge in [0.2, 0.25) is 15.9 Å². The molecule has 0 saturated carbocycles. The third kappa shape index (κ3) is 3.73. The first kappa shape index (κ1) is 13.4. The van der Waals surface area contributed by atoms with E-state index in [-0.39, 0.29) is 18.1 Å². The van der Waals surface area contributed by atoms with Crippen LogP contribution >= 0.6 is 0 Å². The smallest absolute Gasteiger partial charge is 0.223 e. The minimum absolute atomic E-state index is 0.0422. The molecule has 0 aliphatic carbocycles. The van der Waals surface area contributed by atoms with Crippen LogP contribution in [0.25, 0.3) is 0 Å². The van der Waals surface area contributed by atoms with E-state index in [4.69, 9.17) is 4.74 Å². The Bertz CT molecular complexity index is 333. The lowest BCUT2D eigenvalue weighted by Crippen LogP contribution is -2.41. The van der Waals surface area contributed by atoms with Crippen LogP contribution < -0.4 is 0 Å². The zero-order valence-corrected chi connectivity index (χ0v) is 10.5.